The third-order valence-corrected chi connectivity index (χ3v) is 2.51. The molecule has 0 aliphatic rings. The van der Waals surface area contributed by atoms with Gasteiger partial charge in [0.1, 0.15) is 24.0 Å². The lowest BCUT2D eigenvalue weighted by molar-refractivity contribution is 0.292. The molecule has 16 heavy (non-hydrogen) atoms. The van der Waals surface area contributed by atoms with Crippen molar-refractivity contribution < 1.29 is 4.74 Å². The topological polar surface area (TPSA) is 53.1 Å². The van der Waals surface area contributed by atoms with Crippen LogP contribution in [-0.4, -0.2) is 9.55 Å². The summed E-state index contributed by atoms with van der Waals surface area (Å²) in [5.41, 5.74) is 6.89. The summed E-state index contributed by atoms with van der Waals surface area (Å²) in [5.74, 6) is 2.30. The molecule has 0 spiro atoms. The molecule has 4 nitrogen and oxygen atoms in total. The SMILES string of the molecule is Cc1ccc(OCc2ncc(N)n2C)cc1. The molecule has 0 fully saturated rings. The predicted molar refractivity (Wildman–Crippen MR) is 63.1 cm³/mol. The summed E-state index contributed by atoms with van der Waals surface area (Å²) in [4.78, 5) is 4.16. The summed E-state index contributed by atoms with van der Waals surface area (Å²) < 4.78 is 7.42. The number of benzene rings is 1. The maximum Gasteiger partial charge on any atom is 0.148 e. The molecule has 0 bridgehead atoms. The molecule has 0 unspecified atom stereocenters. The number of nitrogens with two attached hydrogens (primary N) is 1. The van der Waals surface area contributed by atoms with E-state index in [0.717, 1.165) is 11.6 Å². The minimum atomic E-state index is 0.427. The van der Waals surface area contributed by atoms with E-state index in [-0.39, 0.29) is 0 Å². The number of imidazole rings is 1. The fourth-order valence-corrected chi connectivity index (χ4v) is 1.38. The van der Waals surface area contributed by atoms with Crippen LogP contribution in [0.5, 0.6) is 5.75 Å². The van der Waals surface area contributed by atoms with Gasteiger partial charge in [-0.3, -0.25) is 0 Å². The molecule has 0 aliphatic heterocycles. The van der Waals surface area contributed by atoms with Gasteiger partial charge in [0.2, 0.25) is 0 Å². The molecule has 0 aliphatic carbocycles. The number of anilines is 1. The number of hydrogen-bond acceptors (Lipinski definition) is 3. The molecular formula is C12H15N3O. The van der Waals surface area contributed by atoms with Gasteiger partial charge in [-0.1, -0.05) is 17.7 Å². The van der Waals surface area contributed by atoms with Gasteiger partial charge in [0, 0.05) is 7.05 Å². The highest BCUT2D eigenvalue weighted by molar-refractivity contribution is 5.28. The van der Waals surface area contributed by atoms with Gasteiger partial charge in [-0.25, -0.2) is 4.98 Å². The van der Waals surface area contributed by atoms with Gasteiger partial charge in [0.05, 0.1) is 6.20 Å². The fourth-order valence-electron chi connectivity index (χ4n) is 1.38. The van der Waals surface area contributed by atoms with Gasteiger partial charge in [0.25, 0.3) is 0 Å². The summed E-state index contributed by atoms with van der Waals surface area (Å²) in [6.07, 6.45) is 1.63. The van der Waals surface area contributed by atoms with E-state index in [1.165, 1.54) is 5.56 Å². The van der Waals surface area contributed by atoms with Crippen LogP contribution in [-0.2, 0) is 13.7 Å². The maximum atomic E-state index is 5.67. The van der Waals surface area contributed by atoms with Crippen molar-refractivity contribution in [3.63, 3.8) is 0 Å². The highest BCUT2D eigenvalue weighted by Crippen LogP contribution is 2.13. The second-order valence-corrected chi connectivity index (χ2v) is 3.76. The molecule has 0 amide bonds. The van der Waals surface area contributed by atoms with Gasteiger partial charge in [-0.2, -0.15) is 0 Å². The monoisotopic (exact) mass is 217 g/mol. The Bertz CT molecular complexity index is 474. The summed E-state index contributed by atoms with van der Waals surface area (Å²) in [5, 5.41) is 0. The number of aryl methyl sites for hydroxylation is 1. The van der Waals surface area contributed by atoms with Crippen LogP contribution in [0.2, 0.25) is 0 Å². The van der Waals surface area contributed by atoms with Crippen LogP contribution in [0.3, 0.4) is 0 Å². The first-order valence-corrected chi connectivity index (χ1v) is 5.12. The molecule has 1 aromatic heterocycles. The number of ether oxygens (including phenoxy) is 1. The van der Waals surface area contributed by atoms with Crippen LogP contribution in [0, 0.1) is 6.92 Å². The highest BCUT2D eigenvalue weighted by atomic mass is 16.5. The first kappa shape index (κ1) is 10.5. The van der Waals surface area contributed by atoms with Crippen molar-refractivity contribution >= 4 is 5.82 Å². The van der Waals surface area contributed by atoms with E-state index < -0.39 is 0 Å². The molecule has 0 saturated heterocycles. The van der Waals surface area contributed by atoms with E-state index in [1.807, 2.05) is 42.8 Å². The standard InChI is InChI=1S/C12H15N3O/c1-9-3-5-10(6-4-9)16-8-12-14-7-11(13)15(12)2/h3-7H,8,13H2,1-2H3. The molecular weight excluding hydrogens is 202 g/mol. The number of rotatable bonds is 3. The molecule has 1 aromatic carbocycles. The first-order chi connectivity index (χ1) is 7.66. The highest BCUT2D eigenvalue weighted by Gasteiger charge is 2.03. The van der Waals surface area contributed by atoms with Crippen LogP contribution in [0.4, 0.5) is 5.82 Å². The number of hydrogen-bond donors (Lipinski definition) is 1. The summed E-state index contributed by atoms with van der Waals surface area (Å²) in [6, 6.07) is 7.92. The van der Waals surface area contributed by atoms with Crippen LogP contribution in [0.15, 0.2) is 30.5 Å². The first-order valence-electron chi connectivity index (χ1n) is 5.12. The Balaban J connectivity index is 2.02. The Hall–Kier alpha value is -1.97. The number of aromatic nitrogens is 2. The van der Waals surface area contributed by atoms with Crippen molar-refractivity contribution in [2.24, 2.45) is 7.05 Å². The maximum absolute atomic E-state index is 5.67. The number of nitrogen functional groups attached to an aromatic ring is 1. The van der Waals surface area contributed by atoms with E-state index >= 15 is 0 Å². The zero-order chi connectivity index (χ0) is 11.5. The molecule has 4 heteroatoms. The molecule has 0 saturated carbocycles. The Morgan fingerprint density at radius 2 is 2.00 bits per heavy atom. The lowest BCUT2D eigenvalue weighted by atomic mass is 10.2. The average molecular weight is 217 g/mol. The van der Waals surface area contributed by atoms with E-state index in [1.54, 1.807) is 6.20 Å². The van der Waals surface area contributed by atoms with Gasteiger partial charge in [0.15, 0.2) is 0 Å². The third kappa shape index (κ3) is 2.16. The van der Waals surface area contributed by atoms with Gasteiger partial charge in [-0.05, 0) is 19.1 Å². The van der Waals surface area contributed by atoms with E-state index in [9.17, 15) is 0 Å². The van der Waals surface area contributed by atoms with Crippen LogP contribution in [0.1, 0.15) is 11.4 Å². The van der Waals surface area contributed by atoms with Crippen LogP contribution in [0.25, 0.3) is 0 Å². The normalized spacial score (nSPS) is 10.4. The zero-order valence-corrected chi connectivity index (χ0v) is 9.47. The minimum Gasteiger partial charge on any atom is -0.486 e. The Morgan fingerprint density at radius 1 is 1.31 bits per heavy atom. The Labute approximate surface area is 94.7 Å². The van der Waals surface area contributed by atoms with Crippen molar-refractivity contribution in [3.05, 3.63) is 41.9 Å². The van der Waals surface area contributed by atoms with Gasteiger partial charge >= 0.3 is 0 Å². The van der Waals surface area contributed by atoms with Crippen LogP contribution < -0.4 is 10.5 Å². The van der Waals surface area contributed by atoms with Crippen molar-refractivity contribution in [2.75, 3.05) is 5.73 Å². The quantitative estimate of drug-likeness (QED) is 0.854. The smallest absolute Gasteiger partial charge is 0.148 e. The van der Waals surface area contributed by atoms with Gasteiger partial charge < -0.3 is 15.0 Å². The number of nitrogens with zero attached hydrogens (tertiary/aromatic N) is 2. The molecule has 1 heterocycles. The van der Waals surface area contributed by atoms with Crippen molar-refractivity contribution in [1.82, 2.24) is 9.55 Å². The molecule has 0 radical (unpaired) electrons. The van der Waals surface area contributed by atoms with E-state index in [0.29, 0.717) is 12.4 Å². The summed E-state index contributed by atoms with van der Waals surface area (Å²) in [7, 11) is 1.87. The molecule has 2 N–H and O–H groups in total. The third-order valence-electron chi connectivity index (χ3n) is 2.51. The largest absolute Gasteiger partial charge is 0.486 e. The van der Waals surface area contributed by atoms with E-state index in [4.69, 9.17) is 10.5 Å². The predicted octanol–water partition coefficient (Wildman–Crippen LogP) is 1.89. The van der Waals surface area contributed by atoms with Crippen molar-refractivity contribution in [3.8, 4) is 5.75 Å². The summed E-state index contributed by atoms with van der Waals surface area (Å²) >= 11 is 0. The zero-order valence-electron chi connectivity index (χ0n) is 9.47. The molecule has 2 rings (SSSR count). The second kappa shape index (κ2) is 4.26. The van der Waals surface area contributed by atoms with Crippen molar-refractivity contribution in [2.45, 2.75) is 13.5 Å². The Kier molecular flexibility index (Phi) is 2.81. The fraction of sp³-hybridized carbons (Fsp3) is 0.250. The molecule has 0 atom stereocenters. The molecule has 84 valence electrons. The lowest BCUT2D eigenvalue weighted by Crippen LogP contribution is -2.05. The van der Waals surface area contributed by atoms with Gasteiger partial charge in [-0.15, -0.1) is 0 Å². The molecule has 2 aromatic rings. The Morgan fingerprint density at radius 3 is 2.56 bits per heavy atom. The average Bonchev–Trinajstić information content (AvgIpc) is 2.60. The lowest BCUT2D eigenvalue weighted by Gasteiger charge is -2.06. The summed E-state index contributed by atoms with van der Waals surface area (Å²) in [6.45, 7) is 2.47. The van der Waals surface area contributed by atoms with Crippen LogP contribution >= 0.6 is 0 Å². The minimum absolute atomic E-state index is 0.427. The van der Waals surface area contributed by atoms with Crippen molar-refractivity contribution in [1.29, 1.82) is 0 Å². The second-order valence-electron chi connectivity index (χ2n) is 3.76. The van der Waals surface area contributed by atoms with E-state index in [2.05, 4.69) is 4.98 Å².